The number of carboxylic acid groups (broad SMARTS) is 1. The fourth-order valence-corrected chi connectivity index (χ4v) is 1.83. The number of nitrogens with zero attached hydrogens (tertiary/aromatic N) is 1. The number of amides is 1. The standard InChI is InChI=1S/C17H15FN2O4/c18-14-7-3-1-6-13(14)11-24-15-8-4-2-5-12(15)10-19-20-16(21)9-17(22)23/h1-8,10H,9,11H2,(H,20,21)(H,22,23)/p-1/b19-10+. The van der Waals surface area contributed by atoms with Gasteiger partial charge in [0.25, 0.3) is 0 Å². The van der Waals surface area contributed by atoms with Crippen molar-refractivity contribution in [2.75, 3.05) is 0 Å². The first-order valence-corrected chi connectivity index (χ1v) is 7.03. The number of para-hydroxylation sites is 1. The Balaban J connectivity index is 2.01. The van der Waals surface area contributed by atoms with E-state index in [-0.39, 0.29) is 12.4 Å². The third-order valence-corrected chi connectivity index (χ3v) is 2.96. The molecule has 7 heteroatoms. The number of carboxylic acids is 1. The normalized spacial score (nSPS) is 10.5. The molecule has 124 valence electrons. The summed E-state index contributed by atoms with van der Waals surface area (Å²) >= 11 is 0. The molecule has 1 amide bonds. The summed E-state index contributed by atoms with van der Waals surface area (Å²) < 4.78 is 19.2. The predicted molar refractivity (Wildman–Crippen MR) is 82.5 cm³/mol. The maximum absolute atomic E-state index is 13.6. The second kappa shape index (κ2) is 8.42. The molecule has 0 aliphatic heterocycles. The SMILES string of the molecule is O=C([O-])CC(=O)N/N=C/c1ccccc1OCc1ccccc1F. The number of benzene rings is 2. The molecule has 0 heterocycles. The highest BCUT2D eigenvalue weighted by molar-refractivity contribution is 5.93. The van der Waals surface area contributed by atoms with E-state index in [1.165, 1.54) is 12.3 Å². The number of hydrogen-bond acceptors (Lipinski definition) is 5. The first-order valence-electron chi connectivity index (χ1n) is 7.03. The van der Waals surface area contributed by atoms with Crippen LogP contribution in [0.5, 0.6) is 5.75 Å². The zero-order valence-corrected chi connectivity index (χ0v) is 12.6. The molecule has 2 rings (SSSR count). The van der Waals surface area contributed by atoms with Gasteiger partial charge in [-0.05, 0) is 18.2 Å². The van der Waals surface area contributed by atoms with E-state index >= 15 is 0 Å². The molecule has 0 spiro atoms. The van der Waals surface area contributed by atoms with Gasteiger partial charge in [-0.2, -0.15) is 5.10 Å². The van der Waals surface area contributed by atoms with Gasteiger partial charge in [0.15, 0.2) is 0 Å². The van der Waals surface area contributed by atoms with Crippen molar-refractivity contribution < 1.29 is 23.8 Å². The zero-order chi connectivity index (χ0) is 17.4. The Bertz CT molecular complexity index is 762. The first-order chi connectivity index (χ1) is 11.6. The van der Waals surface area contributed by atoms with Gasteiger partial charge in [0.2, 0.25) is 5.91 Å². The minimum absolute atomic E-state index is 0.0363. The number of halogens is 1. The Hall–Kier alpha value is -3.22. The molecule has 0 fully saturated rings. The van der Waals surface area contributed by atoms with Crippen molar-refractivity contribution in [3.05, 3.63) is 65.5 Å². The Morgan fingerprint density at radius 1 is 1.17 bits per heavy atom. The summed E-state index contributed by atoms with van der Waals surface area (Å²) in [4.78, 5) is 21.4. The summed E-state index contributed by atoms with van der Waals surface area (Å²) in [5, 5.41) is 13.9. The lowest BCUT2D eigenvalue weighted by molar-refractivity contribution is -0.304. The Morgan fingerprint density at radius 2 is 1.88 bits per heavy atom. The lowest BCUT2D eigenvalue weighted by Gasteiger charge is -2.09. The van der Waals surface area contributed by atoms with E-state index in [2.05, 4.69) is 10.5 Å². The molecule has 0 atom stereocenters. The monoisotopic (exact) mass is 329 g/mol. The van der Waals surface area contributed by atoms with Crippen molar-refractivity contribution in [1.82, 2.24) is 5.43 Å². The minimum Gasteiger partial charge on any atom is -0.550 e. The number of ether oxygens (including phenoxy) is 1. The molecule has 6 nitrogen and oxygen atoms in total. The third-order valence-electron chi connectivity index (χ3n) is 2.96. The highest BCUT2D eigenvalue weighted by Gasteiger charge is 2.05. The molecule has 0 unspecified atom stereocenters. The Labute approximate surface area is 137 Å². The van der Waals surface area contributed by atoms with Crippen LogP contribution in [0.4, 0.5) is 4.39 Å². The fraction of sp³-hybridized carbons (Fsp3) is 0.118. The number of hydrazone groups is 1. The van der Waals surface area contributed by atoms with Gasteiger partial charge in [0.1, 0.15) is 18.2 Å². The van der Waals surface area contributed by atoms with E-state index in [0.717, 1.165) is 0 Å². The van der Waals surface area contributed by atoms with Crippen molar-refractivity contribution in [3.63, 3.8) is 0 Å². The van der Waals surface area contributed by atoms with E-state index < -0.39 is 18.3 Å². The molecule has 2 aromatic carbocycles. The minimum atomic E-state index is -1.49. The van der Waals surface area contributed by atoms with Crippen LogP contribution >= 0.6 is 0 Å². The van der Waals surface area contributed by atoms with Crippen molar-refractivity contribution in [3.8, 4) is 5.75 Å². The van der Waals surface area contributed by atoms with Crippen LogP contribution in [0, 0.1) is 5.82 Å². The van der Waals surface area contributed by atoms with Gasteiger partial charge >= 0.3 is 0 Å². The molecular formula is C17H14FN2O4-. The van der Waals surface area contributed by atoms with E-state index in [9.17, 15) is 19.1 Å². The summed E-state index contributed by atoms with van der Waals surface area (Å²) in [6.45, 7) is 0.0363. The smallest absolute Gasteiger partial charge is 0.245 e. The number of aliphatic carboxylic acids is 1. The van der Waals surface area contributed by atoms with E-state index in [1.54, 1.807) is 42.5 Å². The second-order valence-electron chi connectivity index (χ2n) is 4.76. The zero-order valence-electron chi connectivity index (χ0n) is 12.6. The largest absolute Gasteiger partial charge is 0.550 e. The molecule has 0 aliphatic rings. The summed E-state index contributed by atoms with van der Waals surface area (Å²) in [5.41, 5.74) is 3.02. The van der Waals surface area contributed by atoms with E-state index in [0.29, 0.717) is 16.9 Å². The second-order valence-corrected chi connectivity index (χ2v) is 4.76. The van der Waals surface area contributed by atoms with Crippen molar-refractivity contribution in [1.29, 1.82) is 0 Å². The average molecular weight is 329 g/mol. The Kier molecular flexibility index (Phi) is 6.01. The molecular weight excluding hydrogens is 315 g/mol. The molecule has 0 aliphatic carbocycles. The van der Waals surface area contributed by atoms with Crippen LogP contribution in [0.25, 0.3) is 0 Å². The van der Waals surface area contributed by atoms with E-state index in [4.69, 9.17) is 4.74 Å². The van der Waals surface area contributed by atoms with Crippen LogP contribution in [0.3, 0.4) is 0 Å². The topological polar surface area (TPSA) is 90.8 Å². The Morgan fingerprint density at radius 3 is 2.62 bits per heavy atom. The molecule has 2 aromatic rings. The summed E-state index contributed by atoms with van der Waals surface area (Å²) in [5.74, 6) is -2.20. The van der Waals surface area contributed by atoms with Crippen LogP contribution in [0.2, 0.25) is 0 Å². The summed E-state index contributed by atoms with van der Waals surface area (Å²) in [6, 6.07) is 13.1. The van der Waals surface area contributed by atoms with Crippen molar-refractivity contribution in [2.45, 2.75) is 13.0 Å². The van der Waals surface area contributed by atoms with Crippen molar-refractivity contribution in [2.24, 2.45) is 5.10 Å². The maximum atomic E-state index is 13.6. The third kappa shape index (κ3) is 5.20. The first kappa shape index (κ1) is 17.1. The molecule has 0 saturated heterocycles. The van der Waals surface area contributed by atoms with Crippen LogP contribution < -0.4 is 15.3 Å². The summed E-state index contributed by atoms with van der Waals surface area (Å²) in [6.07, 6.45) is 0.534. The van der Waals surface area contributed by atoms with Gasteiger partial charge in [-0.3, -0.25) is 4.79 Å². The maximum Gasteiger partial charge on any atom is 0.245 e. The summed E-state index contributed by atoms with van der Waals surface area (Å²) in [7, 11) is 0. The fourth-order valence-electron chi connectivity index (χ4n) is 1.83. The van der Waals surface area contributed by atoms with Gasteiger partial charge in [0, 0.05) is 11.1 Å². The van der Waals surface area contributed by atoms with Crippen LogP contribution in [-0.2, 0) is 16.2 Å². The van der Waals surface area contributed by atoms with Gasteiger partial charge < -0.3 is 14.6 Å². The number of nitrogens with one attached hydrogen (secondary N) is 1. The average Bonchev–Trinajstić information content (AvgIpc) is 2.54. The van der Waals surface area contributed by atoms with Crippen LogP contribution in [0.15, 0.2) is 53.6 Å². The highest BCUT2D eigenvalue weighted by Crippen LogP contribution is 2.18. The molecule has 0 saturated carbocycles. The van der Waals surface area contributed by atoms with Gasteiger partial charge in [0.05, 0.1) is 18.6 Å². The molecule has 24 heavy (non-hydrogen) atoms. The van der Waals surface area contributed by atoms with Gasteiger partial charge in [-0.1, -0.05) is 30.3 Å². The van der Waals surface area contributed by atoms with Crippen LogP contribution in [0.1, 0.15) is 17.5 Å². The van der Waals surface area contributed by atoms with Gasteiger partial charge in [-0.25, -0.2) is 9.82 Å². The number of carbonyl (C=O) groups is 2. The molecule has 0 bridgehead atoms. The highest BCUT2D eigenvalue weighted by atomic mass is 19.1. The van der Waals surface area contributed by atoms with Crippen molar-refractivity contribution >= 4 is 18.1 Å². The predicted octanol–water partition coefficient (Wildman–Crippen LogP) is 0.995. The van der Waals surface area contributed by atoms with Crippen LogP contribution in [-0.4, -0.2) is 18.1 Å². The molecule has 1 N–H and O–H groups in total. The quantitative estimate of drug-likeness (QED) is 0.466. The number of carbonyl (C=O) groups excluding carboxylic acids is 2. The molecule has 0 aromatic heterocycles. The number of rotatable bonds is 7. The number of hydrogen-bond donors (Lipinski definition) is 1. The molecule has 0 radical (unpaired) electrons. The van der Waals surface area contributed by atoms with E-state index in [1.807, 2.05) is 0 Å². The van der Waals surface area contributed by atoms with Gasteiger partial charge in [-0.15, -0.1) is 0 Å². The lowest BCUT2D eigenvalue weighted by atomic mass is 10.2. The lowest BCUT2D eigenvalue weighted by Crippen LogP contribution is -2.30.